The van der Waals surface area contributed by atoms with Gasteiger partial charge in [0.1, 0.15) is 0 Å². The van der Waals surface area contributed by atoms with E-state index in [0.717, 1.165) is 32.7 Å². The van der Waals surface area contributed by atoms with E-state index in [-0.39, 0.29) is 5.78 Å². The average Bonchev–Trinajstić information content (AvgIpc) is 2.69. The number of hydrogen-bond acceptors (Lipinski definition) is 3. The highest BCUT2D eigenvalue weighted by Gasteiger charge is 2.29. The van der Waals surface area contributed by atoms with Gasteiger partial charge in [-0.3, -0.25) is 4.79 Å². The normalized spacial score (nSPS) is 12.6. The van der Waals surface area contributed by atoms with Gasteiger partial charge in [-0.05, 0) is 45.8 Å². The van der Waals surface area contributed by atoms with Gasteiger partial charge in [0.2, 0.25) is 6.19 Å². The lowest BCUT2D eigenvalue weighted by atomic mass is 9.81. The molecule has 0 saturated carbocycles. The van der Waals surface area contributed by atoms with Crippen molar-refractivity contribution >= 4 is 33.0 Å². The van der Waals surface area contributed by atoms with Crippen LogP contribution in [0.25, 0.3) is 21.5 Å². The van der Waals surface area contributed by atoms with Crippen LogP contribution in [-0.4, -0.2) is 11.5 Å². The number of nitriles is 1. The summed E-state index contributed by atoms with van der Waals surface area (Å²) in [4.78, 5) is 17.3. The zero-order valence-electron chi connectivity index (χ0n) is 13.7. The SMILES string of the molecule is N#CN=C1c2cc3ccccc3cc2C(=O)c2cc3ccccc3cc21. The fourth-order valence-corrected chi connectivity index (χ4v) is 3.71. The lowest BCUT2D eigenvalue weighted by Gasteiger charge is -2.21. The van der Waals surface area contributed by atoms with Crippen molar-refractivity contribution in [2.24, 2.45) is 4.99 Å². The number of benzene rings is 4. The summed E-state index contributed by atoms with van der Waals surface area (Å²) >= 11 is 0. The lowest BCUT2D eigenvalue weighted by molar-refractivity contribution is 0.103. The second kappa shape index (κ2) is 5.37. The molecule has 3 nitrogen and oxygen atoms in total. The maximum absolute atomic E-state index is 13.2. The molecule has 4 aromatic rings. The van der Waals surface area contributed by atoms with Gasteiger partial charge in [-0.2, -0.15) is 10.3 Å². The highest BCUT2D eigenvalue weighted by Crippen LogP contribution is 2.33. The van der Waals surface area contributed by atoms with E-state index in [1.807, 2.05) is 79.0 Å². The summed E-state index contributed by atoms with van der Waals surface area (Å²) in [5, 5.41) is 13.3. The minimum Gasteiger partial charge on any atom is -0.289 e. The Morgan fingerprint density at radius 2 is 1.04 bits per heavy atom. The molecule has 0 saturated heterocycles. The summed E-state index contributed by atoms with van der Waals surface area (Å²) in [6.45, 7) is 0. The van der Waals surface area contributed by atoms with E-state index in [9.17, 15) is 10.1 Å². The largest absolute Gasteiger partial charge is 0.289 e. The maximum atomic E-state index is 13.2. The molecule has 120 valence electrons. The summed E-state index contributed by atoms with van der Waals surface area (Å²) < 4.78 is 0. The lowest BCUT2D eigenvalue weighted by Crippen LogP contribution is -2.21. The van der Waals surface area contributed by atoms with Crippen molar-refractivity contribution < 1.29 is 4.79 Å². The number of carbonyl (C=O) groups excluding carboxylic acids is 1. The summed E-state index contributed by atoms with van der Waals surface area (Å²) in [7, 11) is 0. The molecule has 0 N–H and O–H groups in total. The molecule has 4 aromatic carbocycles. The Morgan fingerprint density at radius 1 is 0.654 bits per heavy atom. The second-order valence-electron chi connectivity index (χ2n) is 6.38. The molecule has 0 bridgehead atoms. The van der Waals surface area contributed by atoms with Crippen LogP contribution < -0.4 is 0 Å². The Morgan fingerprint density at radius 3 is 1.42 bits per heavy atom. The molecule has 3 heteroatoms. The van der Waals surface area contributed by atoms with Crippen molar-refractivity contribution in [3.8, 4) is 6.19 Å². The van der Waals surface area contributed by atoms with Crippen LogP contribution in [-0.2, 0) is 0 Å². The number of fused-ring (bicyclic) bond motifs is 4. The van der Waals surface area contributed by atoms with Crippen LogP contribution in [0.3, 0.4) is 0 Å². The maximum Gasteiger partial charge on any atom is 0.206 e. The zero-order chi connectivity index (χ0) is 17.7. The molecule has 0 atom stereocenters. The minimum atomic E-state index is -0.0246. The smallest absolute Gasteiger partial charge is 0.206 e. The molecule has 5 rings (SSSR count). The zero-order valence-corrected chi connectivity index (χ0v) is 13.7. The van der Waals surface area contributed by atoms with Crippen LogP contribution >= 0.6 is 0 Å². The fourth-order valence-electron chi connectivity index (χ4n) is 3.71. The van der Waals surface area contributed by atoms with Crippen molar-refractivity contribution in [3.63, 3.8) is 0 Å². The molecule has 0 radical (unpaired) electrons. The van der Waals surface area contributed by atoms with E-state index in [2.05, 4.69) is 4.99 Å². The molecule has 1 aliphatic rings. The Labute approximate surface area is 149 Å². The van der Waals surface area contributed by atoms with Gasteiger partial charge >= 0.3 is 0 Å². The number of carbonyl (C=O) groups is 1. The first-order chi connectivity index (χ1) is 12.8. The molecular formula is C23H12N2O. The van der Waals surface area contributed by atoms with Gasteiger partial charge in [0.25, 0.3) is 0 Å². The predicted molar refractivity (Wildman–Crippen MR) is 103 cm³/mol. The van der Waals surface area contributed by atoms with E-state index in [4.69, 9.17) is 0 Å². The van der Waals surface area contributed by atoms with E-state index in [1.54, 1.807) is 0 Å². The van der Waals surface area contributed by atoms with Crippen LogP contribution in [0, 0.1) is 11.5 Å². The fraction of sp³-hybridized carbons (Fsp3) is 0. The Balaban J connectivity index is 1.89. The number of ketones is 1. The summed E-state index contributed by atoms with van der Waals surface area (Å²) in [5.41, 5.74) is 3.20. The summed E-state index contributed by atoms with van der Waals surface area (Å²) in [6.07, 6.45) is 1.91. The van der Waals surface area contributed by atoms with Crippen LogP contribution in [0.2, 0.25) is 0 Å². The summed E-state index contributed by atoms with van der Waals surface area (Å²) in [5.74, 6) is -0.0246. The van der Waals surface area contributed by atoms with Gasteiger partial charge in [-0.25, -0.2) is 0 Å². The van der Waals surface area contributed by atoms with Crippen LogP contribution in [0.1, 0.15) is 27.0 Å². The third-order valence-electron chi connectivity index (χ3n) is 4.93. The standard InChI is InChI=1S/C23H12N2O/c24-13-25-22-18-9-14-5-1-3-7-16(14)11-20(18)23(26)21-12-17-8-4-2-6-15(17)10-19(21)22/h1-12H. The molecule has 0 aromatic heterocycles. The Hall–Kier alpha value is -3.77. The molecule has 0 aliphatic heterocycles. The quantitative estimate of drug-likeness (QED) is 0.380. The average molecular weight is 332 g/mol. The molecule has 0 fully saturated rings. The van der Waals surface area contributed by atoms with Crippen LogP contribution in [0.15, 0.2) is 77.8 Å². The monoisotopic (exact) mass is 332 g/mol. The van der Waals surface area contributed by atoms with Crippen LogP contribution in [0.4, 0.5) is 0 Å². The molecule has 0 unspecified atom stereocenters. The van der Waals surface area contributed by atoms with Crippen molar-refractivity contribution in [2.75, 3.05) is 0 Å². The summed E-state index contributed by atoms with van der Waals surface area (Å²) in [6, 6.07) is 23.5. The Bertz CT molecular complexity index is 1220. The van der Waals surface area contributed by atoms with Gasteiger partial charge in [-0.15, -0.1) is 0 Å². The Kier molecular flexibility index (Phi) is 3.01. The molecular weight excluding hydrogens is 320 g/mol. The molecule has 26 heavy (non-hydrogen) atoms. The number of nitrogens with zero attached hydrogens (tertiary/aromatic N) is 2. The molecule has 1 aliphatic carbocycles. The molecule has 0 amide bonds. The van der Waals surface area contributed by atoms with Crippen molar-refractivity contribution in [1.82, 2.24) is 0 Å². The highest BCUT2D eigenvalue weighted by atomic mass is 16.1. The van der Waals surface area contributed by atoms with Gasteiger partial charge in [-0.1, -0.05) is 48.5 Å². The predicted octanol–water partition coefficient (Wildman–Crippen LogP) is 4.86. The topological polar surface area (TPSA) is 53.2 Å². The third kappa shape index (κ3) is 2.00. The number of rotatable bonds is 0. The minimum absolute atomic E-state index is 0.0246. The van der Waals surface area contributed by atoms with Gasteiger partial charge < -0.3 is 0 Å². The molecule has 0 spiro atoms. The number of hydrogen-bond donors (Lipinski definition) is 0. The van der Waals surface area contributed by atoms with E-state index < -0.39 is 0 Å². The van der Waals surface area contributed by atoms with Gasteiger partial charge in [0.15, 0.2) is 5.78 Å². The van der Waals surface area contributed by atoms with E-state index in [1.165, 1.54) is 0 Å². The first-order valence-corrected chi connectivity index (χ1v) is 8.34. The van der Waals surface area contributed by atoms with Crippen LogP contribution in [0.5, 0.6) is 0 Å². The van der Waals surface area contributed by atoms with Gasteiger partial charge in [0.05, 0.1) is 5.71 Å². The first-order valence-electron chi connectivity index (χ1n) is 8.34. The van der Waals surface area contributed by atoms with Crippen molar-refractivity contribution in [3.05, 3.63) is 95.1 Å². The van der Waals surface area contributed by atoms with Crippen molar-refractivity contribution in [2.45, 2.75) is 0 Å². The highest BCUT2D eigenvalue weighted by molar-refractivity contribution is 6.32. The van der Waals surface area contributed by atoms with E-state index in [0.29, 0.717) is 16.8 Å². The number of aliphatic imine (C=N–C) groups is 1. The van der Waals surface area contributed by atoms with Gasteiger partial charge in [0, 0.05) is 22.3 Å². The van der Waals surface area contributed by atoms with E-state index >= 15 is 0 Å². The second-order valence-corrected chi connectivity index (χ2v) is 6.38. The first kappa shape index (κ1) is 14.6. The van der Waals surface area contributed by atoms with Crippen molar-refractivity contribution in [1.29, 1.82) is 5.26 Å². The molecule has 0 heterocycles. The third-order valence-corrected chi connectivity index (χ3v) is 4.93.